The molecule has 0 amide bonds. The summed E-state index contributed by atoms with van der Waals surface area (Å²) in [6.07, 6.45) is 1.72. The molecule has 30 heavy (non-hydrogen) atoms. The van der Waals surface area contributed by atoms with Gasteiger partial charge in [-0.25, -0.2) is 9.79 Å². The summed E-state index contributed by atoms with van der Waals surface area (Å²) in [7, 11) is 5.90. The molecule has 0 radical (unpaired) electrons. The second kappa shape index (κ2) is 9.41. The number of aliphatic hydroxyl groups is 1. The van der Waals surface area contributed by atoms with E-state index in [1.165, 1.54) is 14.2 Å². The van der Waals surface area contributed by atoms with Crippen LogP contribution >= 0.6 is 11.8 Å². The van der Waals surface area contributed by atoms with Gasteiger partial charge in [0.1, 0.15) is 39.3 Å². The van der Waals surface area contributed by atoms with E-state index in [0.717, 1.165) is 17.3 Å². The number of carbonyl (C=O) groups is 1. The maximum Gasteiger partial charge on any atom is 0.344 e. The number of methoxy groups -OCH3 is 4. The Labute approximate surface area is 178 Å². The highest BCUT2D eigenvalue weighted by atomic mass is 32.2. The van der Waals surface area contributed by atoms with Crippen molar-refractivity contribution in [1.29, 1.82) is 0 Å². The smallest absolute Gasteiger partial charge is 0.344 e. The van der Waals surface area contributed by atoms with Crippen molar-refractivity contribution in [3.63, 3.8) is 0 Å². The number of hydrogen-bond donors (Lipinski definition) is 1. The molecule has 1 N–H and O–H groups in total. The van der Waals surface area contributed by atoms with Gasteiger partial charge in [0.05, 0.1) is 33.3 Å². The molecule has 1 aliphatic rings. The predicted molar refractivity (Wildman–Crippen MR) is 117 cm³/mol. The van der Waals surface area contributed by atoms with Gasteiger partial charge in [0, 0.05) is 6.07 Å². The van der Waals surface area contributed by atoms with E-state index in [0.29, 0.717) is 32.9 Å². The van der Waals surface area contributed by atoms with Crippen LogP contribution in [0.15, 0.2) is 63.7 Å². The number of para-hydroxylation sites is 2. The third-order valence-electron chi connectivity index (χ3n) is 4.26. The van der Waals surface area contributed by atoms with Crippen molar-refractivity contribution in [2.45, 2.75) is 0 Å². The van der Waals surface area contributed by atoms with Crippen molar-refractivity contribution in [1.82, 2.24) is 0 Å². The minimum Gasteiger partial charge on any atom is -0.506 e. The average Bonchev–Trinajstić information content (AvgIpc) is 3.07. The van der Waals surface area contributed by atoms with Crippen molar-refractivity contribution < 1.29 is 28.8 Å². The van der Waals surface area contributed by atoms with Gasteiger partial charge in [-0.3, -0.25) is 0 Å². The Kier molecular flexibility index (Phi) is 6.68. The first kappa shape index (κ1) is 21.3. The molecule has 8 heteroatoms. The lowest BCUT2D eigenvalue weighted by Gasteiger charge is -2.06. The first-order valence-electron chi connectivity index (χ1n) is 8.87. The van der Waals surface area contributed by atoms with Crippen LogP contribution in [0.5, 0.6) is 17.2 Å². The van der Waals surface area contributed by atoms with Gasteiger partial charge in [-0.15, -0.1) is 0 Å². The number of thioether (sulfide) groups is 1. The minimum atomic E-state index is -0.680. The molecule has 156 valence electrons. The van der Waals surface area contributed by atoms with Gasteiger partial charge in [0.25, 0.3) is 0 Å². The van der Waals surface area contributed by atoms with Crippen molar-refractivity contribution in [2.75, 3.05) is 28.4 Å². The van der Waals surface area contributed by atoms with Gasteiger partial charge in [-0.2, -0.15) is 0 Å². The Morgan fingerprint density at radius 3 is 2.27 bits per heavy atom. The summed E-state index contributed by atoms with van der Waals surface area (Å²) in [6.45, 7) is 0. The van der Waals surface area contributed by atoms with E-state index in [4.69, 9.17) is 18.9 Å². The standard InChI is InChI=1S/C22H21NO6S/c1-26-14-9-13(10-15(12-14)27-2)11-18-20(24)19(22(25)29-4)21(30-18)23-16-7-5-6-8-17(16)28-3/h5-12,24H,1-4H3. The first-order chi connectivity index (χ1) is 14.5. The van der Waals surface area contributed by atoms with Crippen LogP contribution in [0.1, 0.15) is 5.56 Å². The lowest BCUT2D eigenvalue weighted by atomic mass is 10.1. The molecule has 0 saturated carbocycles. The molecule has 0 aliphatic carbocycles. The monoisotopic (exact) mass is 427 g/mol. The molecule has 2 aromatic rings. The summed E-state index contributed by atoms with van der Waals surface area (Å²) in [4.78, 5) is 17.3. The topological polar surface area (TPSA) is 86.6 Å². The van der Waals surface area contributed by atoms with E-state index in [1.807, 2.05) is 12.1 Å². The third kappa shape index (κ3) is 4.44. The van der Waals surface area contributed by atoms with Gasteiger partial charge >= 0.3 is 5.97 Å². The van der Waals surface area contributed by atoms with Crippen LogP contribution in [-0.2, 0) is 9.53 Å². The first-order valence-corrected chi connectivity index (χ1v) is 9.69. The maximum atomic E-state index is 12.3. The summed E-state index contributed by atoms with van der Waals surface area (Å²) >= 11 is 1.16. The molecule has 0 spiro atoms. The van der Waals surface area contributed by atoms with Crippen molar-refractivity contribution in [3.05, 3.63) is 64.3 Å². The summed E-state index contributed by atoms with van der Waals surface area (Å²) < 4.78 is 20.8. The summed E-state index contributed by atoms with van der Waals surface area (Å²) in [5, 5.41) is 11.1. The van der Waals surface area contributed by atoms with Crippen LogP contribution in [0.3, 0.4) is 0 Å². The van der Waals surface area contributed by atoms with Crippen molar-refractivity contribution >= 4 is 34.5 Å². The second-order valence-electron chi connectivity index (χ2n) is 6.06. The lowest BCUT2D eigenvalue weighted by Crippen LogP contribution is -2.10. The Bertz CT molecular complexity index is 1040. The van der Waals surface area contributed by atoms with Crippen molar-refractivity contribution in [2.24, 2.45) is 4.99 Å². The number of carbonyl (C=O) groups excluding carboxylic acids is 1. The van der Waals surface area contributed by atoms with Crippen molar-refractivity contribution in [3.8, 4) is 17.2 Å². The maximum absolute atomic E-state index is 12.3. The molecule has 0 bridgehead atoms. The lowest BCUT2D eigenvalue weighted by molar-refractivity contribution is -0.135. The molecule has 0 saturated heterocycles. The van der Waals surface area contributed by atoms with Crippen LogP contribution < -0.4 is 14.2 Å². The number of aliphatic hydroxyl groups excluding tert-OH is 1. The van der Waals surface area contributed by atoms with E-state index in [9.17, 15) is 9.90 Å². The molecular formula is C22H21NO6S. The Balaban J connectivity index is 2.09. The molecule has 2 aromatic carbocycles. The number of hydrogen-bond acceptors (Lipinski definition) is 8. The number of rotatable bonds is 6. The van der Waals surface area contributed by atoms with Crippen LogP contribution in [0.2, 0.25) is 0 Å². The Morgan fingerprint density at radius 1 is 1.00 bits per heavy atom. The second-order valence-corrected chi connectivity index (χ2v) is 7.09. The average molecular weight is 427 g/mol. The molecule has 7 nitrogen and oxygen atoms in total. The zero-order chi connectivity index (χ0) is 21.7. The van der Waals surface area contributed by atoms with Crippen LogP contribution in [0.4, 0.5) is 5.69 Å². The molecular weight excluding hydrogens is 406 g/mol. The van der Waals surface area contributed by atoms with E-state index in [2.05, 4.69) is 4.99 Å². The molecule has 0 unspecified atom stereocenters. The van der Waals surface area contributed by atoms with E-state index >= 15 is 0 Å². The minimum absolute atomic E-state index is 0.00508. The van der Waals surface area contributed by atoms with Gasteiger partial charge in [-0.1, -0.05) is 23.9 Å². The van der Waals surface area contributed by atoms with E-state index in [1.54, 1.807) is 50.6 Å². The van der Waals surface area contributed by atoms with Gasteiger partial charge < -0.3 is 24.1 Å². The molecule has 1 aliphatic heterocycles. The fraction of sp³-hybridized carbons (Fsp3) is 0.182. The number of nitrogens with zero attached hydrogens (tertiary/aromatic N) is 1. The zero-order valence-corrected chi connectivity index (χ0v) is 17.8. The molecule has 0 aromatic heterocycles. The molecule has 0 atom stereocenters. The van der Waals surface area contributed by atoms with Crippen LogP contribution in [0.25, 0.3) is 6.08 Å². The molecule has 1 heterocycles. The number of esters is 1. The number of aliphatic imine (C=N–C) groups is 1. The van der Waals surface area contributed by atoms with Crippen LogP contribution in [0, 0.1) is 0 Å². The fourth-order valence-corrected chi connectivity index (χ4v) is 3.81. The normalized spacial score (nSPS) is 16.1. The number of benzene rings is 2. The summed E-state index contributed by atoms with van der Waals surface area (Å²) in [5.74, 6) is 0.861. The van der Waals surface area contributed by atoms with Crippen LogP contribution in [-0.4, -0.2) is 44.6 Å². The Hall–Kier alpha value is -3.39. The largest absolute Gasteiger partial charge is 0.506 e. The molecule has 3 rings (SSSR count). The van der Waals surface area contributed by atoms with Gasteiger partial charge in [0.2, 0.25) is 0 Å². The highest BCUT2D eigenvalue weighted by Gasteiger charge is 2.33. The molecule has 0 fully saturated rings. The highest BCUT2D eigenvalue weighted by molar-refractivity contribution is 8.18. The third-order valence-corrected chi connectivity index (χ3v) is 5.28. The van der Waals surface area contributed by atoms with E-state index in [-0.39, 0.29) is 11.3 Å². The quantitative estimate of drug-likeness (QED) is 0.679. The number of ether oxygens (including phenoxy) is 4. The summed E-state index contributed by atoms with van der Waals surface area (Å²) in [6, 6.07) is 12.5. The Morgan fingerprint density at radius 2 is 1.67 bits per heavy atom. The fourth-order valence-electron chi connectivity index (χ4n) is 2.79. The summed E-state index contributed by atoms with van der Waals surface area (Å²) in [5.41, 5.74) is 1.25. The van der Waals surface area contributed by atoms with Gasteiger partial charge in [-0.05, 0) is 35.9 Å². The predicted octanol–water partition coefficient (Wildman–Crippen LogP) is 4.52. The highest BCUT2D eigenvalue weighted by Crippen LogP contribution is 2.41. The van der Waals surface area contributed by atoms with Gasteiger partial charge in [0.15, 0.2) is 0 Å². The van der Waals surface area contributed by atoms with E-state index < -0.39 is 5.97 Å². The SMILES string of the molecule is COC(=O)C1=C(O)C(=Cc2cc(OC)cc(OC)c2)SC1=Nc1ccccc1OC. The zero-order valence-electron chi connectivity index (χ0n) is 17.0.